The van der Waals surface area contributed by atoms with E-state index in [1.54, 1.807) is 7.11 Å². The van der Waals surface area contributed by atoms with Crippen LogP contribution in [-0.2, 0) is 9.47 Å². The molecule has 0 bridgehead atoms. The second-order valence-corrected chi connectivity index (χ2v) is 7.22. The Kier molecular flexibility index (Phi) is 8.18. The largest absolute Gasteiger partial charge is 0.379 e. The van der Waals surface area contributed by atoms with Crippen LogP contribution in [0.15, 0.2) is 4.99 Å². The molecule has 0 heterocycles. The van der Waals surface area contributed by atoms with Gasteiger partial charge in [-0.2, -0.15) is 0 Å². The molecule has 1 atom stereocenters. The minimum atomic E-state index is 0.0848. The van der Waals surface area contributed by atoms with Gasteiger partial charge in [-0.3, -0.25) is 4.99 Å². The molecular weight excluding hydrogens is 278 g/mol. The third-order valence-corrected chi connectivity index (χ3v) is 3.98. The molecular formula is C17H35N3O2. The van der Waals surface area contributed by atoms with Crippen molar-refractivity contribution in [1.29, 1.82) is 0 Å². The molecule has 0 amide bonds. The van der Waals surface area contributed by atoms with Gasteiger partial charge in [0.15, 0.2) is 5.96 Å². The first kappa shape index (κ1) is 19.2. The fraction of sp³-hybridized carbons (Fsp3) is 0.941. The summed E-state index contributed by atoms with van der Waals surface area (Å²) in [6.07, 6.45) is 2.79. The maximum atomic E-state index is 5.71. The first-order valence-corrected chi connectivity index (χ1v) is 8.48. The van der Waals surface area contributed by atoms with Crippen molar-refractivity contribution in [3.8, 4) is 0 Å². The van der Waals surface area contributed by atoms with Crippen molar-refractivity contribution in [3.63, 3.8) is 0 Å². The van der Waals surface area contributed by atoms with E-state index in [1.165, 1.54) is 12.8 Å². The molecule has 22 heavy (non-hydrogen) atoms. The van der Waals surface area contributed by atoms with E-state index in [4.69, 9.17) is 14.5 Å². The number of methoxy groups -OCH3 is 1. The second-order valence-electron chi connectivity index (χ2n) is 7.22. The van der Waals surface area contributed by atoms with Gasteiger partial charge in [-0.1, -0.05) is 20.8 Å². The van der Waals surface area contributed by atoms with Crippen LogP contribution in [0.2, 0.25) is 0 Å². The minimum Gasteiger partial charge on any atom is -0.379 e. The summed E-state index contributed by atoms with van der Waals surface area (Å²) in [5.41, 5.74) is 0.0848. The fourth-order valence-electron chi connectivity index (χ4n) is 2.18. The van der Waals surface area contributed by atoms with Crippen molar-refractivity contribution in [1.82, 2.24) is 10.2 Å². The normalized spacial score (nSPS) is 17.5. The average molecular weight is 313 g/mol. The Morgan fingerprint density at radius 1 is 1.36 bits per heavy atom. The van der Waals surface area contributed by atoms with Gasteiger partial charge in [-0.05, 0) is 31.1 Å². The molecule has 0 aromatic rings. The van der Waals surface area contributed by atoms with E-state index in [0.29, 0.717) is 6.54 Å². The molecule has 0 saturated heterocycles. The zero-order chi connectivity index (χ0) is 16.6. The number of likely N-dealkylation sites (N-methyl/N-ethyl adjacent to an activating group) is 1. The van der Waals surface area contributed by atoms with Gasteiger partial charge >= 0.3 is 0 Å². The maximum Gasteiger partial charge on any atom is 0.193 e. The lowest BCUT2D eigenvalue weighted by Gasteiger charge is -2.29. The average Bonchev–Trinajstić information content (AvgIpc) is 3.25. The summed E-state index contributed by atoms with van der Waals surface area (Å²) < 4.78 is 11.3. The summed E-state index contributed by atoms with van der Waals surface area (Å²) in [5, 5.41) is 3.34. The lowest BCUT2D eigenvalue weighted by molar-refractivity contribution is 0.0239. The summed E-state index contributed by atoms with van der Waals surface area (Å²) in [7, 11) is 3.81. The van der Waals surface area contributed by atoms with Crippen LogP contribution in [0.5, 0.6) is 0 Å². The Morgan fingerprint density at radius 2 is 2.05 bits per heavy atom. The molecule has 0 aromatic carbocycles. The summed E-state index contributed by atoms with van der Waals surface area (Å²) in [5.74, 6) is 1.74. The summed E-state index contributed by atoms with van der Waals surface area (Å²) >= 11 is 0. The van der Waals surface area contributed by atoms with Crippen LogP contribution in [0.1, 0.15) is 40.5 Å². The van der Waals surface area contributed by atoms with Gasteiger partial charge < -0.3 is 19.7 Å². The van der Waals surface area contributed by atoms with E-state index in [2.05, 4.69) is 45.0 Å². The topological polar surface area (TPSA) is 46.1 Å². The molecule has 130 valence electrons. The van der Waals surface area contributed by atoms with Crippen LogP contribution in [0.4, 0.5) is 0 Å². The van der Waals surface area contributed by atoms with Crippen molar-refractivity contribution < 1.29 is 9.47 Å². The molecule has 1 aliphatic rings. The zero-order valence-corrected chi connectivity index (χ0v) is 15.3. The highest BCUT2D eigenvalue weighted by molar-refractivity contribution is 5.79. The highest BCUT2D eigenvalue weighted by Gasteiger charge is 2.24. The number of nitrogens with one attached hydrogen (secondary N) is 1. The second kappa shape index (κ2) is 9.36. The third-order valence-electron chi connectivity index (χ3n) is 3.98. The van der Waals surface area contributed by atoms with Gasteiger partial charge in [0.25, 0.3) is 0 Å². The lowest BCUT2D eigenvalue weighted by atomic mass is 9.89. The molecule has 1 aliphatic carbocycles. The Balaban J connectivity index is 2.44. The molecule has 1 N–H and O–H groups in total. The van der Waals surface area contributed by atoms with Crippen LogP contribution in [0.3, 0.4) is 0 Å². The zero-order valence-electron chi connectivity index (χ0n) is 15.3. The molecule has 1 rings (SSSR count). The van der Waals surface area contributed by atoms with Crippen LogP contribution >= 0.6 is 0 Å². The first-order valence-electron chi connectivity index (χ1n) is 8.48. The predicted molar refractivity (Wildman–Crippen MR) is 92.4 cm³/mol. The lowest BCUT2D eigenvalue weighted by Crippen LogP contribution is -2.42. The molecule has 5 nitrogen and oxygen atoms in total. The van der Waals surface area contributed by atoms with E-state index in [1.807, 2.05) is 0 Å². The SMILES string of the molecule is CCNC(=NCC(OC)C(C)(C)C)N(C)CCOCC1CC1. The van der Waals surface area contributed by atoms with E-state index >= 15 is 0 Å². The Hall–Kier alpha value is -0.810. The van der Waals surface area contributed by atoms with E-state index < -0.39 is 0 Å². The molecule has 1 unspecified atom stereocenters. The number of hydrogen-bond acceptors (Lipinski definition) is 3. The Morgan fingerprint density at radius 3 is 2.55 bits per heavy atom. The highest BCUT2D eigenvalue weighted by atomic mass is 16.5. The molecule has 5 heteroatoms. The number of nitrogens with zero attached hydrogens (tertiary/aromatic N) is 2. The highest BCUT2D eigenvalue weighted by Crippen LogP contribution is 2.28. The van der Waals surface area contributed by atoms with Crippen LogP contribution in [0, 0.1) is 11.3 Å². The predicted octanol–water partition coefficient (Wildman–Crippen LogP) is 2.37. The molecule has 0 spiro atoms. The quantitative estimate of drug-likeness (QED) is 0.403. The van der Waals surface area contributed by atoms with Crippen molar-refractivity contribution in [2.45, 2.75) is 46.6 Å². The number of aliphatic imine (C=N–C) groups is 1. The smallest absolute Gasteiger partial charge is 0.193 e. The van der Waals surface area contributed by atoms with E-state index in [-0.39, 0.29) is 11.5 Å². The van der Waals surface area contributed by atoms with Gasteiger partial charge in [0.2, 0.25) is 0 Å². The monoisotopic (exact) mass is 313 g/mol. The molecule has 1 saturated carbocycles. The number of rotatable bonds is 9. The van der Waals surface area contributed by atoms with Crippen molar-refractivity contribution in [2.24, 2.45) is 16.3 Å². The van der Waals surface area contributed by atoms with Crippen LogP contribution in [-0.4, -0.2) is 64.0 Å². The maximum absolute atomic E-state index is 5.71. The number of ether oxygens (including phenoxy) is 2. The van der Waals surface area contributed by atoms with Crippen molar-refractivity contribution in [2.75, 3.05) is 47.0 Å². The van der Waals surface area contributed by atoms with Crippen molar-refractivity contribution >= 4 is 5.96 Å². The molecule has 0 radical (unpaired) electrons. The number of hydrogen-bond donors (Lipinski definition) is 1. The third kappa shape index (κ3) is 7.45. The minimum absolute atomic E-state index is 0.0848. The molecule has 0 aliphatic heterocycles. The van der Waals surface area contributed by atoms with Gasteiger partial charge in [0, 0.05) is 33.9 Å². The first-order chi connectivity index (χ1) is 10.4. The van der Waals surface area contributed by atoms with E-state index in [0.717, 1.165) is 38.2 Å². The number of guanidine groups is 1. The Bertz CT molecular complexity index is 335. The van der Waals surface area contributed by atoms with Gasteiger partial charge in [-0.15, -0.1) is 0 Å². The van der Waals surface area contributed by atoms with Crippen molar-refractivity contribution in [3.05, 3.63) is 0 Å². The van der Waals surface area contributed by atoms with Crippen LogP contribution < -0.4 is 5.32 Å². The van der Waals surface area contributed by atoms with Gasteiger partial charge in [-0.25, -0.2) is 0 Å². The Labute approximate surface area is 136 Å². The van der Waals surface area contributed by atoms with Gasteiger partial charge in [0.05, 0.1) is 19.3 Å². The summed E-state index contributed by atoms with van der Waals surface area (Å²) in [6.45, 7) is 12.7. The fourth-order valence-corrected chi connectivity index (χ4v) is 2.18. The standard InChI is InChI=1S/C17H35N3O2/c1-7-18-16(19-12-15(21-6)17(2,3)4)20(5)10-11-22-13-14-8-9-14/h14-15H,7-13H2,1-6H3,(H,18,19). The summed E-state index contributed by atoms with van der Waals surface area (Å²) in [6, 6.07) is 0. The van der Waals surface area contributed by atoms with Gasteiger partial charge in [0.1, 0.15) is 0 Å². The van der Waals surface area contributed by atoms with E-state index in [9.17, 15) is 0 Å². The molecule has 1 fully saturated rings. The molecule has 0 aromatic heterocycles. The van der Waals surface area contributed by atoms with Crippen LogP contribution in [0.25, 0.3) is 0 Å². The summed E-state index contributed by atoms with van der Waals surface area (Å²) in [4.78, 5) is 6.86.